The summed E-state index contributed by atoms with van der Waals surface area (Å²) >= 11 is 0. The highest BCUT2D eigenvalue weighted by molar-refractivity contribution is 5.89. The van der Waals surface area contributed by atoms with E-state index < -0.39 is 0 Å². The van der Waals surface area contributed by atoms with Crippen LogP contribution in [0, 0.1) is 0 Å². The number of rotatable bonds is 6. The summed E-state index contributed by atoms with van der Waals surface area (Å²) in [7, 11) is 1.79. The van der Waals surface area contributed by atoms with Gasteiger partial charge in [-0.05, 0) is 13.3 Å². The number of anilines is 1. The fourth-order valence-corrected chi connectivity index (χ4v) is 2.74. The number of hydrogen-bond donors (Lipinski definition) is 2. The lowest BCUT2D eigenvalue weighted by Crippen LogP contribution is -2.33. The maximum Gasteiger partial charge on any atom is 0.320 e. The Hall–Kier alpha value is -3.16. The van der Waals surface area contributed by atoms with Crippen LogP contribution in [0.15, 0.2) is 42.7 Å². The van der Waals surface area contributed by atoms with Gasteiger partial charge in [-0.15, -0.1) is 0 Å². The molecule has 2 amide bonds. The van der Waals surface area contributed by atoms with Crippen molar-refractivity contribution in [2.24, 2.45) is 7.05 Å². The van der Waals surface area contributed by atoms with Crippen molar-refractivity contribution in [3.63, 3.8) is 0 Å². The van der Waals surface area contributed by atoms with Crippen molar-refractivity contribution in [1.82, 2.24) is 29.9 Å². The lowest BCUT2D eigenvalue weighted by molar-refractivity contribution is 0.248. The summed E-state index contributed by atoms with van der Waals surface area (Å²) in [5, 5.41) is 14.4. The lowest BCUT2D eigenvalue weighted by atomic mass is 10.2. The van der Waals surface area contributed by atoms with E-state index in [1.807, 2.05) is 48.0 Å². The second-order valence-corrected chi connectivity index (χ2v) is 6.07. The largest absolute Gasteiger partial charge is 0.328 e. The minimum atomic E-state index is -0.314. The molecule has 3 rings (SSSR count). The van der Waals surface area contributed by atoms with Crippen molar-refractivity contribution in [1.29, 1.82) is 0 Å². The molecule has 0 radical (unpaired) electrons. The van der Waals surface area contributed by atoms with E-state index >= 15 is 0 Å². The topological polar surface area (TPSA) is 89.7 Å². The standard InChI is InChI=1S/C18H23N7O/c1-4-10-25-17(19-12-20-25)13(2)21-18(26)22-16-11-15(23-24(16)3)14-8-6-5-7-9-14/h5-9,11-13H,4,10H2,1-3H3,(H2,21,22,26)/t13-/m0/s1. The van der Waals surface area contributed by atoms with Crippen LogP contribution in [0.5, 0.6) is 0 Å². The number of carbonyl (C=O) groups is 1. The molecule has 0 spiro atoms. The van der Waals surface area contributed by atoms with Crippen LogP contribution in [0.2, 0.25) is 0 Å². The molecule has 26 heavy (non-hydrogen) atoms. The van der Waals surface area contributed by atoms with E-state index in [1.54, 1.807) is 11.7 Å². The van der Waals surface area contributed by atoms with Gasteiger partial charge in [-0.2, -0.15) is 10.2 Å². The molecule has 8 nitrogen and oxygen atoms in total. The average molecular weight is 353 g/mol. The first-order chi connectivity index (χ1) is 12.6. The number of amides is 2. The second-order valence-electron chi connectivity index (χ2n) is 6.07. The van der Waals surface area contributed by atoms with Gasteiger partial charge in [0, 0.05) is 25.2 Å². The molecule has 8 heteroatoms. The van der Waals surface area contributed by atoms with E-state index in [-0.39, 0.29) is 12.1 Å². The minimum absolute atomic E-state index is 0.258. The van der Waals surface area contributed by atoms with Gasteiger partial charge in [-0.3, -0.25) is 10.00 Å². The van der Waals surface area contributed by atoms with Crippen LogP contribution in [-0.4, -0.2) is 30.6 Å². The monoisotopic (exact) mass is 353 g/mol. The Labute approximate surface area is 152 Å². The van der Waals surface area contributed by atoms with Gasteiger partial charge in [-0.25, -0.2) is 14.5 Å². The van der Waals surface area contributed by atoms with Gasteiger partial charge >= 0.3 is 6.03 Å². The molecular weight excluding hydrogens is 330 g/mol. The third-order valence-electron chi connectivity index (χ3n) is 4.01. The molecule has 0 aliphatic heterocycles. The molecule has 0 saturated carbocycles. The third kappa shape index (κ3) is 3.90. The van der Waals surface area contributed by atoms with Gasteiger partial charge < -0.3 is 5.32 Å². The highest BCUT2D eigenvalue weighted by Gasteiger charge is 2.16. The first-order valence-electron chi connectivity index (χ1n) is 8.63. The van der Waals surface area contributed by atoms with Crippen LogP contribution in [0.25, 0.3) is 11.3 Å². The summed E-state index contributed by atoms with van der Waals surface area (Å²) in [6.07, 6.45) is 2.46. The summed E-state index contributed by atoms with van der Waals surface area (Å²) in [6, 6.07) is 11.1. The highest BCUT2D eigenvalue weighted by atomic mass is 16.2. The van der Waals surface area contributed by atoms with E-state index in [1.165, 1.54) is 6.33 Å². The van der Waals surface area contributed by atoms with Crippen LogP contribution in [0.3, 0.4) is 0 Å². The fourth-order valence-electron chi connectivity index (χ4n) is 2.74. The van der Waals surface area contributed by atoms with Crippen LogP contribution in [-0.2, 0) is 13.6 Å². The number of hydrogen-bond acceptors (Lipinski definition) is 4. The molecule has 0 unspecified atom stereocenters. The molecule has 0 bridgehead atoms. The summed E-state index contributed by atoms with van der Waals surface area (Å²) in [4.78, 5) is 16.6. The van der Waals surface area contributed by atoms with Gasteiger partial charge in [0.25, 0.3) is 0 Å². The first-order valence-corrected chi connectivity index (χ1v) is 8.63. The van der Waals surface area contributed by atoms with Crippen molar-refractivity contribution < 1.29 is 4.79 Å². The number of benzene rings is 1. The Morgan fingerprint density at radius 3 is 2.77 bits per heavy atom. The Morgan fingerprint density at radius 1 is 1.27 bits per heavy atom. The van der Waals surface area contributed by atoms with Crippen molar-refractivity contribution in [3.8, 4) is 11.3 Å². The molecule has 0 saturated heterocycles. The smallest absolute Gasteiger partial charge is 0.320 e. The maximum absolute atomic E-state index is 12.4. The number of carbonyl (C=O) groups excluding carboxylic acids is 1. The number of nitrogens with one attached hydrogen (secondary N) is 2. The molecule has 3 aromatic rings. The maximum atomic E-state index is 12.4. The Kier molecular flexibility index (Phi) is 5.31. The van der Waals surface area contributed by atoms with E-state index in [9.17, 15) is 4.79 Å². The van der Waals surface area contributed by atoms with E-state index in [2.05, 4.69) is 32.7 Å². The quantitative estimate of drug-likeness (QED) is 0.713. The second kappa shape index (κ2) is 7.81. The lowest BCUT2D eigenvalue weighted by Gasteiger charge is -2.15. The third-order valence-corrected chi connectivity index (χ3v) is 4.01. The number of urea groups is 1. The van der Waals surface area contributed by atoms with E-state index in [0.29, 0.717) is 5.82 Å². The molecule has 0 aliphatic carbocycles. The van der Waals surface area contributed by atoms with Crippen LogP contribution in [0.4, 0.5) is 10.6 Å². The Morgan fingerprint density at radius 2 is 2.04 bits per heavy atom. The fraction of sp³-hybridized carbons (Fsp3) is 0.333. The molecule has 2 aromatic heterocycles. The zero-order chi connectivity index (χ0) is 18.5. The zero-order valence-corrected chi connectivity index (χ0v) is 15.2. The number of aromatic nitrogens is 5. The van der Waals surface area contributed by atoms with Gasteiger partial charge in [0.1, 0.15) is 18.0 Å². The van der Waals surface area contributed by atoms with Crippen LogP contribution >= 0.6 is 0 Å². The Bertz CT molecular complexity index is 869. The molecule has 0 fully saturated rings. The van der Waals surface area contributed by atoms with E-state index in [0.717, 1.165) is 30.0 Å². The molecular formula is C18H23N7O. The SMILES string of the molecule is CCCn1ncnc1[C@H](C)NC(=O)Nc1cc(-c2ccccc2)nn1C. The van der Waals surface area contributed by atoms with Crippen molar-refractivity contribution >= 4 is 11.8 Å². The van der Waals surface area contributed by atoms with Crippen molar-refractivity contribution in [2.45, 2.75) is 32.9 Å². The summed E-state index contributed by atoms with van der Waals surface area (Å²) in [6.45, 7) is 4.72. The van der Waals surface area contributed by atoms with E-state index in [4.69, 9.17) is 0 Å². The molecule has 2 heterocycles. The Balaban J connectivity index is 1.67. The molecule has 1 atom stereocenters. The van der Waals surface area contributed by atoms with Gasteiger partial charge in [0.15, 0.2) is 0 Å². The predicted molar refractivity (Wildman–Crippen MR) is 99.5 cm³/mol. The first kappa shape index (κ1) is 17.7. The van der Waals surface area contributed by atoms with Crippen molar-refractivity contribution in [3.05, 3.63) is 48.5 Å². The molecule has 2 N–H and O–H groups in total. The van der Waals surface area contributed by atoms with Gasteiger partial charge in [-0.1, -0.05) is 37.3 Å². The highest BCUT2D eigenvalue weighted by Crippen LogP contribution is 2.21. The molecule has 0 aliphatic rings. The predicted octanol–water partition coefficient (Wildman–Crippen LogP) is 2.97. The summed E-state index contributed by atoms with van der Waals surface area (Å²) in [5.74, 6) is 1.35. The van der Waals surface area contributed by atoms with Crippen molar-refractivity contribution in [2.75, 3.05) is 5.32 Å². The molecule has 1 aromatic carbocycles. The van der Waals surface area contributed by atoms with Gasteiger partial charge in [0.05, 0.1) is 11.7 Å². The average Bonchev–Trinajstić information content (AvgIpc) is 3.23. The van der Waals surface area contributed by atoms with Crippen LogP contribution < -0.4 is 10.6 Å². The number of aryl methyl sites for hydroxylation is 2. The number of nitrogens with zero attached hydrogens (tertiary/aromatic N) is 5. The van der Waals surface area contributed by atoms with Crippen LogP contribution in [0.1, 0.15) is 32.1 Å². The minimum Gasteiger partial charge on any atom is -0.328 e. The normalized spacial score (nSPS) is 12.0. The summed E-state index contributed by atoms with van der Waals surface area (Å²) in [5.41, 5.74) is 1.80. The van der Waals surface area contributed by atoms with Gasteiger partial charge in [0.2, 0.25) is 0 Å². The summed E-state index contributed by atoms with van der Waals surface area (Å²) < 4.78 is 3.45. The molecule has 136 valence electrons. The zero-order valence-electron chi connectivity index (χ0n) is 15.2.